The zero-order valence-corrected chi connectivity index (χ0v) is 23.5. The highest BCUT2D eigenvalue weighted by Crippen LogP contribution is 2.33. The molecule has 0 N–H and O–H groups in total. The van der Waals surface area contributed by atoms with Crippen LogP contribution in [0, 0.1) is 0 Å². The van der Waals surface area contributed by atoms with Crippen molar-refractivity contribution in [2.24, 2.45) is 0 Å². The van der Waals surface area contributed by atoms with Crippen molar-refractivity contribution in [1.82, 2.24) is 4.90 Å². The number of hydrogen-bond acceptors (Lipinski definition) is 6. The molecule has 6 nitrogen and oxygen atoms in total. The molecule has 0 saturated carbocycles. The fourth-order valence-electron chi connectivity index (χ4n) is 3.95. The summed E-state index contributed by atoms with van der Waals surface area (Å²) in [6, 6.07) is 30.3. The van der Waals surface area contributed by atoms with Crippen molar-refractivity contribution in [3.05, 3.63) is 120 Å². The van der Waals surface area contributed by atoms with Gasteiger partial charge in [-0.25, -0.2) is 4.79 Å². The van der Waals surface area contributed by atoms with Gasteiger partial charge >= 0.3 is 18.1 Å². The highest BCUT2D eigenvalue weighted by Gasteiger charge is 2.42. The van der Waals surface area contributed by atoms with E-state index in [0.717, 1.165) is 20.3 Å². The maximum absolute atomic E-state index is 13.1. The minimum Gasteiger partial charge on any atom is -0.492 e. The molecule has 4 aromatic carbocycles. The molecule has 0 fully saturated rings. The highest BCUT2D eigenvalue weighted by molar-refractivity contribution is 7.99. The van der Waals surface area contributed by atoms with E-state index >= 15 is 0 Å². The van der Waals surface area contributed by atoms with E-state index in [4.69, 9.17) is 14.2 Å². The standard InChI is InChI=1S/C32H28F3NO5S/c1-39-30(37)28-20-27(16-17-29(28)41-22-24-10-6-3-7-11-24)42-26-14-12-25(13-15-26)40-19-18-36(31(38)32(33,34)35)21-23-8-4-2-5-9-23/h2-17,20H,18-19,21-22H2,1H3. The molecule has 10 heteroatoms. The van der Waals surface area contributed by atoms with E-state index in [-0.39, 0.29) is 19.7 Å². The van der Waals surface area contributed by atoms with Crippen molar-refractivity contribution in [3.8, 4) is 11.5 Å². The van der Waals surface area contributed by atoms with Gasteiger partial charge in [-0.3, -0.25) is 4.79 Å². The third-order valence-corrected chi connectivity index (χ3v) is 7.03. The SMILES string of the molecule is COC(=O)c1cc(Sc2ccc(OCCN(Cc3ccccc3)C(=O)C(F)(F)F)cc2)ccc1OCc1ccccc1. The predicted octanol–water partition coefficient (Wildman–Crippen LogP) is 7.17. The van der Waals surface area contributed by atoms with Crippen LogP contribution in [-0.4, -0.2) is 43.2 Å². The Kier molecular flexibility index (Phi) is 10.5. The van der Waals surface area contributed by atoms with Crippen molar-refractivity contribution >= 4 is 23.6 Å². The van der Waals surface area contributed by atoms with E-state index in [2.05, 4.69) is 0 Å². The smallest absolute Gasteiger partial charge is 0.471 e. The first kappa shape index (κ1) is 30.5. The summed E-state index contributed by atoms with van der Waals surface area (Å²) in [6.07, 6.45) is -4.98. The molecular weight excluding hydrogens is 567 g/mol. The zero-order chi connectivity index (χ0) is 30.0. The zero-order valence-electron chi connectivity index (χ0n) is 22.7. The Labute approximate surface area is 246 Å². The molecule has 0 aromatic heterocycles. The van der Waals surface area contributed by atoms with Gasteiger partial charge in [0.15, 0.2) is 0 Å². The van der Waals surface area contributed by atoms with Crippen LogP contribution in [0.15, 0.2) is 113 Å². The molecule has 1 amide bonds. The summed E-state index contributed by atoms with van der Waals surface area (Å²) in [5.41, 5.74) is 1.85. The van der Waals surface area contributed by atoms with E-state index < -0.39 is 18.1 Å². The van der Waals surface area contributed by atoms with Gasteiger partial charge in [0.1, 0.15) is 30.3 Å². The van der Waals surface area contributed by atoms with Crippen molar-refractivity contribution in [1.29, 1.82) is 0 Å². The number of carbonyl (C=O) groups is 2. The average molecular weight is 596 g/mol. The summed E-state index contributed by atoms with van der Waals surface area (Å²) in [6.45, 7) is -0.234. The van der Waals surface area contributed by atoms with E-state index in [1.54, 1.807) is 66.7 Å². The minimum absolute atomic E-state index is 0.117. The van der Waals surface area contributed by atoms with Crippen LogP contribution in [0.5, 0.6) is 11.5 Å². The second-order valence-electron chi connectivity index (χ2n) is 9.06. The van der Waals surface area contributed by atoms with Crippen molar-refractivity contribution < 1.29 is 37.0 Å². The lowest BCUT2D eigenvalue weighted by Gasteiger charge is -2.24. The second kappa shape index (κ2) is 14.5. The van der Waals surface area contributed by atoms with E-state index in [1.165, 1.54) is 18.9 Å². The average Bonchev–Trinajstić information content (AvgIpc) is 3.00. The maximum Gasteiger partial charge on any atom is 0.471 e. The maximum atomic E-state index is 13.1. The van der Waals surface area contributed by atoms with E-state index in [1.807, 2.05) is 36.4 Å². The minimum atomic E-state index is -4.98. The van der Waals surface area contributed by atoms with Gasteiger partial charge in [0.05, 0.1) is 13.7 Å². The van der Waals surface area contributed by atoms with Gasteiger partial charge < -0.3 is 19.1 Å². The van der Waals surface area contributed by atoms with Gasteiger partial charge in [-0.1, -0.05) is 72.4 Å². The Balaban J connectivity index is 1.36. The van der Waals surface area contributed by atoms with Crippen LogP contribution in [0.2, 0.25) is 0 Å². The summed E-state index contributed by atoms with van der Waals surface area (Å²) < 4.78 is 55.8. The number of benzene rings is 4. The Bertz CT molecular complexity index is 1470. The van der Waals surface area contributed by atoms with E-state index in [0.29, 0.717) is 29.2 Å². The summed E-state index contributed by atoms with van der Waals surface area (Å²) >= 11 is 1.40. The first-order valence-electron chi connectivity index (χ1n) is 12.9. The molecule has 0 radical (unpaired) electrons. The number of nitrogens with zero attached hydrogens (tertiary/aromatic N) is 1. The number of carbonyl (C=O) groups excluding carboxylic acids is 2. The van der Waals surface area contributed by atoms with Gasteiger partial charge in [-0.15, -0.1) is 0 Å². The molecule has 0 aliphatic rings. The molecule has 0 spiro atoms. The Morgan fingerprint density at radius 3 is 2.02 bits per heavy atom. The summed E-state index contributed by atoms with van der Waals surface area (Å²) in [4.78, 5) is 26.7. The number of rotatable bonds is 12. The van der Waals surface area contributed by atoms with Crippen molar-refractivity contribution in [2.75, 3.05) is 20.3 Å². The third kappa shape index (κ3) is 8.78. The number of esters is 1. The topological polar surface area (TPSA) is 65.1 Å². The van der Waals surface area contributed by atoms with E-state index in [9.17, 15) is 22.8 Å². The van der Waals surface area contributed by atoms with Crippen LogP contribution in [0.25, 0.3) is 0 Å². The number of halogens is 3. The monoisotopic (exact) mass is 595 g/mol. The van der Waals surface area contributed by atoms with Crippen LogP contribution < -0.4 is 9.47 Å². The molecule has 0 unspecified atom stereocenters. The first-order valence-corrected chi connectivity index (χ1v) is 13.7. The highest BCUT2D eigenvalue weighted by atomic mass is 32.2. The normalized spacial score (nSPS) is 11.0. The van der Waals surface area contributed by atoms with Crippen LogP contribution in [0.1, 0.15) is 21.5 Å². The molecule has 0 aliphatic carbocycles. The van der Waals surface area contributed by atoms with Gasteiger partial charge in [-0.05, 0) is 53.6 Å². The second-order valence-corrected chi connectivity index (χ2v) is 10.2. The van der Waals surface area contributed by atoms with Crippen LogP contribution in [-0.2, 0) is 22.7 Å². The van der Waals surface area contributed by atoms with Gasteiger partial charge in [0.25, 0.3) is 0 Å². The molecule has 4 aromatic rings. The lowest BCUT2D eigenvalue weighted by molar-refractivity contribution is -0.186. The summed E-state index contributed by atoms with van der Waals surface area (Å²) in [5.74, 6) is -1.58. The Morgan fingerprint density at radius 1 is 0.786 bits per heavy atom. The fraction of sp³-hybridized carbons (Fsp3) is 0.188. The molecule has 0 heterocycles. The van der Waals surface area contributed by atoms with Crippen molar-refractivity contribution in [3.63, 3.8) is 0 Å². The molecule has 0 saturated heterocycles. The molecule has 218 valence electrons. The fourth-order valence-corrected chi connectivity index (χ4v) is 4.81. The molecule has 42 heavy (non-hydrogen) atoms. The van der Waals surface area contributed by atoms with Crippen LogP contribution in [0.3, 0.4) is 0 Å². The molecular formula is C32H28F3NO5S. The number of methoxy groups -OCH3 is 1. The third-order valence-electron chi connectivity index (χ3n) is 6.03. The van der Waals surface area contributed by atoms with Crippen molar-refractivity contribution in [2.45, 2.75) is 29.1 Å². The molecule has 4 rings (SSSR count). The molecule has 0 atom stereocenters. The Hall–Kier alpha value is -4.44. The largest absolute Gasteiger partial charge is 0.492 e. The van der Waals surface area contributed by atoms with Gasteiger partial charge in [0.2, 0.25) is 0 Å². The van der Waals surface area contributed by atoms with Crippen LogP contribution in [0.4, 0.5) is 13.2 Å². The molecule has 0 bridgehead atoms. The Morgan fingerprint density at radius 2 is 1.40 bits per heavy atom. The van der Waals surface area contributed by atoms with Gasteiger partial charge in [-0.2, -0.15) is 13.2 Å². The van der Waals surface area contributed by atoms with Crippen LogP contribution >= 0.6 is 11.8 Å². The number of hydrogen-bond donors (Lipinski definition) is 0. The summed E-state index contributed by atoms with van der Waals surface area (Å²) in [5, 5.41) is 0. The van der Waals surface area contributed by atoms with Gasteiger partial charge in [0, 0.05) is 16.3 Å². The quantitative estimate of drug-likeness (QED) is 0.162. The summed E-state index contributed by atoms with van der Waals surface area (Å²) in [7, 11) is 1.31. The number of amides is 1. The lowest BCUT2D eigenvalue weighted by atomic mass is 10.2. The molecule has 0 aliphatic heterocycles. The lowest BCUT2D eigenvalue weighted by Crippen LogP contribution is -2.42. The first-order chi connectivity index (χ1) is 20.2. The predicted molar refractivity (Wildman–Crippen MR) is 153 cm³/mol. The number of alkyl halides is 3. The number of ether oxygens (including phenoxy) is 3.